The minimum Gasteiger partial charge on any atom is -0.465 e. The fourth-order valence-electron chi connectivity index (χ4n) is 2.63. The topological polar surface area (TPSA) is 44.1 Å². The van der Waals surface area contributed by atoms with Crippen LogP contribution in [-0.4, -0.2) is 22.6 Å². The fraction of sp³-hybridized carbons (Fsp3) is 0.0476. The zero-order valence-corrected chi connectivity index (χ0v) is 14.8. The van der Waals surface area contributed by atoms with E-state index < -0.39 is 0 Å². The Morgan fingerprint density at radius 3 is 2.65 bits per heavy atom. The van der Waals surface area contributed by atoms with Crippen molar-refractivity contribution in [3.63, 3.8) is 0 Å². The van der Waals surface area contributed by atoms with E-state index in [1.165, 1.54) is 18.4 Å². The number of nitrogens with zero attached hydrogens (tertiary/aromatic N) is 2. The van der Waals surface area contributed by atoms with Gasteiger partial charge < -0.3 is 4.74 Å². The monoisotopic (exact) mass is 358 g/mol. The van der Waals surface area contributed by atoms with Gasteiger partial charge in [0.25, 0.3) is 0 Å². The van der Waals surface area contributed by atoms with Crippen LogP contribution >= 0.6 is 11.3 Å². The summed E-state index contributed by atoms with van der Waals surface area (Å²) in [5.74, 6) is 5.82. The number of ether oxygens (including phenoxy) is 1. The van der Waals surface area contributed by atoms with E-state index in [2.05, 4.69) is 16.8 Å². The van der Waals surface area contributed by atoms with Gasteiger partial charge in [-0.05, 0) is 30.3 Å². The molecular formula is C21H14N2O2S. The Bertz CT molecular complexity index is 1150. The normalized spacial score (nSPS) is 10.3. The number of hydrogen-bond acceptors (Lipinski definition) is 4. The van der Waals surface area contributed by atoms with Crippen LogP contribution in [0.25, 0.3) is 16.0 Å². The van der Waals surface area contributed by atoms with Crippen molar-refractivity contribution in [1.82, 2.24) is 9.55 Å². The SMILES string of the molecule is COC(=O)c1sc(-n2cnc3ccccc32)cc1C#Cc1ccccc1. The van der Waals surface area contributed by atoms with Crippen LogP contribution in [0.4, 0.5) is 0 Å². The smallest absolute Gasteiger partial charge is 0.349 e. The van der Waals surface area contributed by atoms with Crippen LogP contribution < -0.4 is 0 Å². The van der Waals surface area contributed by atoms with Crippen LogP contribution in [0.5, 0.6) is 0 Å². The number of fused-ring (bicyclic) bond motifs is 1. The van der Waals surface area contributed by atoms with Crippen LogP contribution in [0.15, 0.2) is 67.0 Å². The Morgan fingerprint density at radius 1 is 1.08 bits per heavy atom. The molecule has 0 radical (unpaired) electrons. The van der Waals surface area contributed by atoms with Gasteiger partial charge in [-0.2, -0.15) is 0 Å². The van der Waals surface area contributed by atoms with E-state index in [4.69, 9.17) is 4.74 Å². The van der Waals surface area contributed by atoms with Crippen molar-refractivity contribution >= 4 is 28.3 Å². The number of benzene rings is 2. The number of carbonyl (C=O) groups is 1. The number of esters is 1. The summed E-state index contributed by atoms with van der Waals surface area (Å²) in [5, 5.41) is 0.872. The second-order valence-electron chi connectivity index (χ2n) is 5.54. The summed E-state index contributed by atoms with van der Waals surface area (Å²) in [6, 6.07) is 19.4. The molecule has 0 aliphatic rings. The van der Waals surface area contributed by atoms with Gasteiger partial charge in [-0.25, -0.2) is 9.78 Å². The molecule has 2 heterocycles. The Morgan fingerprint density at radius 2 is 1.85 bits per heavy atom. The van der Waals surface area contributed by atoms with Crippen molar-refractivity contribution in [1.29, 1.82) is 0 Å². The van der Waals surface area contributed by atoms with E-state index in [1.807, 2.05) is 65.2 Å². The first-order valence-electron chi connectivity index (χ1n) is 7.98. The van der Waals surface area contributed by atoms with Crippen molar-refractivity contribution < 1.29 is 9.53 Å². The Labute approximate surface area is 154 Å². The van der Waals surface area contributed by atoms with Crippen LogP contribution in [0.3, 0.4) is 0 Å². The highest BCUT2D eigenvalue weighted by Gasteiger charge is 2.17. The Hall–Kier alpha value is -3.36. The summed E-state index contributed by atoms with van der Waals surface area (Å²) in [4.78, 5) is 17.1. The molecule has 0 atom stereocenters. The molecule has 4 rings (SSSR count). The van der Waals surface area contributed by atoms with Gasteiger partial charge in [0.1, 0.15) is 16.2 Å². The summed E-state index contributed by atoms with van der Waals surface area (Å²) in [6.45, 7) is 0. The van der Waals surface area contributed by atoms with E-state index >= 15 is 0 Å². The molecule has 4 nitrogen and oxygen atoms in total. The minimum absolute atomic E-state index is 0.386. The number of imidazole rings is 1. The van der Waals surface area contributed by atoms with Crippen LogP contribution in [-0.2, 0) is 4.74 Å². The maximum absolute atomic E-state index is 12.2. The first-order valence-corrected chi connectivity index (χ1v) is 8.79. The van der Waals surface area contributed by atoms with E-state index in [0.29, 0.717) is 10.4 Å². The number of aromatic nitrogens is 2. The molecule has 0 aliphatic carbocycles. The summed E-state index contributed by atoms with van der Waals surface area (Å²) >= 11 is 1.35. The number of hydrogen-bond donors (Lipinski definition) is 0. The average Bonchev–Trinajstić information content (AvgIpc) is 3.30. The zero-order valence-electron chi connectivity index (χ0n) is 14.0. The van der Waals surface area contributed by atoms with Gasteiger partial charge in [0.15, 0.2) is 0 Å². The molecule has 4 aromatic rings. The van der Waals surface area contributed by atoms with Gasteiger partial charge in [0, 0.05) is 5.56 Å². The number of para-hydroxylation sites is 2. The molecule has 0 saturated carbocycles. The summed E-state index contributed by atoms with van der Waals surface area (Å²) in [7, 11) is 1.38. The molecule has 0 bridgehead atoms. The Kier molecular flexibility index (Phi) is 4.26. The third kappa shape index (κ3) is 2.99. The predicted octanol–water partition coefficient (Wildman–Crippen LogP) is 4.27. The molecule has 0 saturated heterocycles. The first kappa shape index (κ1) is 16.1. The molecule has 0 spiro atoms. The predicted molar refractivity (Wildman–Crippen MR) is 103 cm³/mol. The fourth-order valence-corrected chi connectivity index (χ4v) is 3.65. The lowest BCUT2D eigenvalue weighted by Crippen LogP contribution is -1.99. The standard InChI is InChI=1S/C21H14N2O2S/c1-25-21(24)20-16(12-11-15-7-3-2-4-8-15)13-19(26-20)23-14-22-17-9-5-6-10-18(17)23/h2-10,13-14H,1H3. The van der Waals surface area contributed by atoms with Crippen molar-refractivity contribution in [2.45, 2.75) is 0 Å². The average molecular weight is 358 g/mol. The molecule has 2 aromatic carbocycles. The zero-order chi connectivity index (χ0) is 17.9. The molecule has 0 fully saturated rings. The number of rotatable bonds is 2. The molecule has 26 heavy (non-hydrogen) atoms. The van der Waals surface area contributed by atoms with Gasteiger partial charge in [0.05, 0.1) is 23.7 Å². The molecule has 0 amide bonds. The molecule has 2 aromatic heterocycles. The summed E-state index contributed by atoms with van der Waals surface area (Å²) in [5.41, 5.74) is 3.42. The third-order valence-corrected chi connectivity index (χ3v) is 5.01. The quantitative estimate of drug-likeness (QED) is 0.397. The maximum atomic E-state index is 12.2. The molecule has 0 unspecified atom stereocenters. The first-order chi connectivity index (χ1) is 12.8. The molecule has 0 N–H and O–H groups in total. The summed E-state index contributed by atoms with van der Waals surface area (Å²) in [6.07, 6.45) is 1.76. The number of carbonyl (C=O) groups excluding carboxylic acids is 1. The van der Waals surface area contributed by atoms with E-state index in [9.17, 15) is 4.79 Å². The van der Waals surface area contributed by atoms with E-state index in [-0.39, 0.29) is 5.97 Å². The molecule has 0 aliphatic heterocycles. The van der Waals surface area contributed by atoms with Crippen molar-refractivity contribution in [2.24, 2.45) is 0 Å². The lowest BCUT2D eigenvalue weighted by Gasteiger charge is -1.99. The third-order valence-electron chi connectivity index (χ3n) is 3.90. The van der Waals surface area contributed by atoms with Gasteiger partial charge >= 0.3 is 5.97 Å². The Balaban J connectivity index is 1.82. The van der Waals surface area contributed by atoms with E-state index in [0.717, 1.165) is 21.6 Å². The molecule has 126 valence electrons. The lowest BCUT2D eigenvalue weighted by atomic mass is 10.2. The highest BCUT2D eigenvalue weighted by atomic mass is 32.1. The largest absolute Gasteiger partial charge is 0.465 e. The highest BCUT2D eigenvalue weighted by Crippen LogP contribution is 2.29. The second kappa shape index (κ2) is 6.87. The number of thiophene rings is 1. The van der Waals surface area contributed by atoms with Crippen molar-refractivity contribution in [2.75, 3.05) is 7.11 Å². The van der Waals surface area contributed by atoms with Gasteiger partial charge in [-0.3, -0.25) is 4.57 Å². The van der Waals surface area contributed by atoms with Crippen molar-refractivity contribution in [3.8, 4) is 16.8 Å². The highest BCUT2D eigenvalue weighted by molar-refractivity contribution is 7.16. The van der Waals surface area contributed by atoms with Gasteiger partial charge in [-0.1, -0.05) is 42.2 Å². The minimum atomic E-state index is -0.386. The van der Waals surface area contributed by atoms with Crippen LogP contribution in [0, 0.1) is 11.8 Å². The van der Waals surface area contributed by atoms with Crippen LogP contribution in [0.2, 0.25) is 0 Å². The second-order valence-corrected chi connectivity index (χ2v) is 6.57. The molecular weight excluding hydrogens is 344 g/mol. The van der Waals surface area contributed by atoms with Gasteiger partial charge in [-0.15, -0.1) is 11.3 Å². The van der Waals surface area contributed by atoms with Gasteiger partial charge in [0.2, 0.25) is 0 Å². The summed E-state index contributed by atoms with van der Waals surface area (Å²) < 4.78 is 6.88. The molecule has 5 heteroatoms. The maximum Gasteiger partial charge on any atom is 0.349 e. The van der Waals surface area contributed by atoms with Crippen LogP contribution in [0.1, 0.15) is 20.8 Å². The van der Waals surface area contributed by atoms with E-state index in [1.54, 1.807) is 6.33 Å². The van der Waals surface area contributed by atoms with Crippen molar-refractivity contribution in [3.05, 3.63) is 83.0 Å². The number of methoxy groups -OCH3 is 1. The lowest BCUT2D eigenvalue weighted by molar-refractivity contribution is 0.0606.